The summed E-state index contributed by atoms with van der Waals surface area (Å²) in [7, 11) is 0. The number of piperidine rings is 1. The predicted octanol–water partition coefficient (Wildman–Crippen LogP) is 2.72. The zero-order valence-electron chi connectivity index (χ0n) is 10.3. The van der Waals surface area contributed by atoms with Crippen LogP contribution in [-0.2, 0) is 4.79 Å². The summed E-state index contributed by atoms with van der Waals surface area (Å²) in [6, 6.07) is 0. The highest BCUT2D eigenvalue weighted by atomic mass is 32.2. The molecule has 2 nitrogen and oxygen atoms in total. The highest BCUT2D eigenvalue weighted by Gasteiger charge is 2.33. The van der Waals surface area contributed by atoms with E-state index in [1.54, 1.807) is 0 Å². The van der Waals surface area contributed by atoms with Gasteiger partial charge in [-0.25, -0.2) is 0 Å². The van der Waals surface area contributed by atoms with Crippen LogP contribution in [0.2, 0.25) is 0 Å². The molecule has 0 spiro atoms. The summed E-state index contributed by atoms with van der Waals surface area (Å²) < 4.78 is 0.499. The van der Waals surface area contributed by atoms with Crippen molar-refractivity contribution in [2.24, 2.45) is 0 Å². The lowest BCUT2D eigenvalue weighted by Gasteiger charge is -2.41. The lowest BCUT2D eigenvalue weighted by molar-refractivity contribution is -0.121. The first-order valence-electron chi connectivity index (χ1n) is 6.53. The number of nitrogens with zero attached hydrogens (tertiary/aromatic N) is 1. The maximum Gasteiger partial charge on any atom is 0.135 e. The van der Waals surface area contributed by atoms with E-state index in [-0.39, 0.29) is 0 Å². The molecule has 2 aliphatic rings. The molecule has 2 fully saturated rings. The fourth-order valence-electron chi connectivity index (χ4n) is 2.99. The molecule has 0 aromatic rings. The summed E-state index contributed by atoms with van der Waals surface area (Å²) in [5.41, 5.74) is 0. The van der Waals surface area contributed by atoms with Crippen LogP contribution in [0, 0.1) is 0 Å². The molecule has 0 atom stereocenters. The highest BCUT2D eigenvalue weighted by Crippen LogP contribution is 2.39. The SMILES string of the molecule is CSC1(CN2CCC(=O)CC2)CCCCC1. The Hall–Kier alpha value is -0.0200. The van der Waals surface area contributed by atoms with Crippen LogP contribution in [0.25, 0.3) is 0 Å². The largest absolute Gasteiger partial charge is 0.301 e. The van der Waals surface area contributed by atoms with Crippen molar-refractivity contribution in [1.82, 2.24) is 4.90 Å². The molecule has 0 N–H and O–H groups in total. The first-order chi connectivity index (χ1) is 7.74. The van der Waals surface area contributed by atoms with Crippen LogP contribution in [0.4, 0.5) is 0 Å². The number of ketones is 1. The quantitative estimate of drug-likeness (QED) is 0.758. The second-order valence-electron chi connectivity index (χ2n) is 5.26. The summed E-state index contributed by atoms with van der Waals surface area (Å²) in [5.74, 6) is 0.457. The molecule has 16 heavy (non-hydrogen) atoms. The second kappa shape index (κ2) is 5.54. The van der Waals surface area contributed by atoms with E-state index < -0.39 is 0 Å². The Kier molecular flexibility index (Phi) is 4.31. The Morgan fingerprint density at radius 1 is 1.19 bits per heavy atom. The molecule has 2 rings (SSSR count). The molecule has 0 unspecified atom stereocenters. The minimum absolute atomic E-state index is 0.457. The van der Waals surface area contributed by atoms with E-state index in [1.807, 2.05) is 0 Å². The van der Waals surface area contributed by atoms with Crippen molar-refractivity contribution in [1.29, 1.82) is 0 Å². The van der Waals surface area contributed by atoms with Crippen molar-refractivity contribution in [3.8, 4) is 0 Å². The standard InChI is InChI=1S/C13H23NOS/c1-16-13(7-3-2-4-8-13)11-14-9-5-12(15)6-10-14/h2-11H2,1H3. The van der Waals surface area contributed by atoms with Gasteiger partial charge in [0.05, 0.1) is 0 Å². The van der Waals surface area contributed by atoms with Gasteiger partial charge in [-0.05, 0) is 19.1 Å². The van der Waals surface area contributed by atoms with Gasteiger partial charge in [0.15, 0.2) is 0 Å². The van der Waals surface area contributed by atoms with Crippen molar-refractivity contribution in [3.05, 3.63) is 0 Å². The molecule has 0 aromatic carbocycles. The van der Waals surface area contributed by atoms with Gasteiger partial charge in [0.2, 0.25) is 0 Å². The molecule has 0 aromatic heterocycles. The number of carbonyl (C=O) groups is 1. The van der Waals surface area contributed by atoms with Crippen LogP contribution in [0.5, 0.6) is 0 Å². The van der Waals surface area contributed by atoms with Gasteiger partial charge in [-0.2, -0.15) is 11.8 Å². The maximum atomic E-state index is 11.2. The summed E-state index contributed by atoms with van der Waals surface area (Å²) in [6.45, 7) is 3.21. The van der Waals surface area contributed by atoms with Gasteiger partial charge in [0, 0.05) is 37.2 Å². The van der Waals surface area contributed by atoms with E-state index in [2.05, 4.69) is 22.9 Å². The van der Waals surface area contributed by atoms with Crippen molar-refractivity contribution >= 4 is 17.5 Å². The van der Waals surface area contributed by atoms with Crippen molar-refractivity contribution in [3.63, 3.8) is 0 Å². The Balaban J connectivity index is 1.88. The monoisotopic (exact) mass is 241 g/mol. The molecule has 0 amide bonds. The molecule has 1 aliphatic carbocycles. The summed E-state index contributed by atoms with van der Waals surface area (Å²) in [6.07, 6.45) is 10.8. The summed E-state index contributed by atoms with van der Waals surface area (Å²) in [5, 5.41) is 0. The van der Waals surface area contributed by atoms with Crippen molar-refractivity contribution < 1.29 is 4.79 Å². The number of hydrogen-bond donors (Lipinski definition) is 0. The second-order valence-corrected chi connectivity index (χ2v) is 6.54. The Morgan fingerprint density at radius 3 is 2.38 bits per heavy atom. The van der Waals surface area contributed by atoms with E-state index in [0.717, 1.165) is 25.9 Å². The van der Waals surface area contributed by atoms with E-state index in [1.165, 1.54) is 38.6 Å². The van der Waals surface area contributed by atoms with Gasteiger partial charge < -0.3 is 4.90 Å². The number of Topliss-reactive ketones (excluding diaryl/α,β-unsaturated/α-hetero) is 1. The zero-order chi connectivity index (χ0) is 11.4. The van der Waals surface area contributed by atoms with Crippen LogP contribution < -0.4 is 0 Å². The van der Waals surface area contributed by atoms with Gasteiger partial charge in [-0.15, -0.1) is 0 Å². The van der Waals surface area contributed by atoms with E-state index >= 15 is 0 Å². The summed E-state index contributed by atoms with van der Waals surface area (Å²) >= 11 is 2.06. The Morgan fingerprint density at radius 2 is 1.81 bits per heavy atom. The third kappa shape index (κ3) is 3.01. The molecule has 3 heteroatoms. The molecule has 92 valence electrons. The van der Waals surface area contributed by atoms with Crippen LogP contribution in [0.15, 0.2) is 0 Å². The number of hydrogen-bond acceptors (Lipinski definition) is 3. The van der Waals surface area contributed by atoms with Gasteiger partial charge in [0.1, 0.15) is 5.78 Å². The third-order valence-corrected chi connectivity index (χ3v) is 5.53. The molecular formula is C13H23NOS. The molecule has 1 saturated heterocycles. The average Bonchev–Trinajstić information content (AvgIpc) is 2.33. The van der Waals surface area contributed by atoms with Crippen LogP contribution >= 0.6 is 11.8 Å². The Labute approximate surface area is 103 Å². The fourth-order valence-corrected chi connectivity index (χ4v) is 4.00. The molecule has 1 saturated carbocycles. The van der Waals surface area contributed by atoms with Crippen molar-refractivity contribution in [2.45, 2.75) is 49.7 Å². The minimum Gasteiger partial charge on any atom is -0.301 e. The summed E-state index contributed by atoms with van der Waals surface area (Å²) in [4.78, 5) is 13.7. The predicted molar refractivity (Wildman–Crippen MR) is 70.0 cm³/mol. The number of carbonyl (C=O) groups excluding carboxylic acids is 1. The topological polar surface area (TPSA) is 20.3 Å². The molecule has 0 radical (unpaired) electrons. The van der Waals surface area contributed by atoms with E-state index in [0.29, 0.717) is 10.5 Å². The average molecular weight is 241 g/mol. The lowest BCUT2D eigenvalue weighted by atomic mass is 9.87. The van der Waals surface area contributed by atoms with Gasteiger partial charge >= 0.3 is 0 Å². The van der Waals surface area contributed by atoms with Gasteiger partial charge in [-0.3, -0.25) is 4.79 Å². The van der Waals surface area contributed by atoms with Gasteiger partial charge in [0.25, 0.3) is 0 Å². The first kappa shape index (κ1) is 12.4. The lowest BCUT2D eigenvalue weighted by Crippen LogP contribution is -2.45. The van der Waals surface area contributed by atoms with Crippen molar-refractivity contribution in [2.75, 3.05) is 25.9 Å². The normalized spacial score (nSPS) is 26.9. The number of likely N-dealkylation sites (tertiary alicyclic amines) is 1. The molecular weight excluding hydrogens is 218 g/mol. The fraction of sp³-hybridized carbons (Fsp3) is 0.923. The third-order valence-electron chi connectivity index (χ3n) is 4.12. The first-order valence-corrected chi connectivity index (χ1v) is 7.76. The molecule has 1 heterocycles. The zero-order valence-corrected chi connectivity index (χ0v) is 11.2. The number of rotatable bonds is 3. The minimum atomic E-state index is 0.457. The van der Waals surface area contributed by atoms with Crippen LogP contribution in [-0.4, -0.2) is 41.3 Å². The van der Waals surface area contributed by atoms with Gasteiger partial charge in [-0.1, -0.05) is 19.3 Å². The smallest absolute Gasteiger partial charge is 0.135 e. The Bertz CT molecular complexity index is 238. The molecule has 1 aliphatic heterocycles. The molecule has 0 bridgehead atoms. The van der Waals surface area contributed by atoms with E-state index in [4.69, 9.17) is 0 Å². The van der Waals surface area contributed by atoms with Crippen LogP contribution in [0.1, 0.15) is 44.9 Å². The highest BCUT2D eigenvalue weighted by molar-refractivity contribution is 8.00. The maximum absolute atomic E-state index is 11.2. The van der Waals surface area contributed by atoms with E-state index in [9.17, 15) is 4.79 Å². The number of thioether (sulfide) groups is 1. The van der Waals surface area contributed by atoms with Crippen LogP contribution in [0.3, 0.4) is 0 Å².